The van der Waals surface area contributed by atoms with Crippen LogP contribution in [-0.4, -0.2) is 37.9 Å². The number of hydrogen-bond donors (Lipinski definition) is 2. The first-order chi connectivity index (χ1) is 7.45. The second-order valence-electron chi connectivity index (χ2n) is 3.03. The summed E-state index contributed by atoms with van der Waals surface area (Å²) in [5.74, 6) is -0.561. The molecule has 0 saturated heterocycles. The molecule has 0 aliphatic carbocycles. The molecule has 0 amide bonds. The van der Waals surface area contributed by atoms with Crippen LogP contribution in [0.3, 0.4) is 0 Å². The topological polar surface area (TPSA) is 83.8 Å². The van der Waals surface area contributed by atoms with Crippen molar-refractivity contribution in [1.29, 1.82) is 0 Å². The van der Waals surface area contributed by atoms with Gasteiger partial charge in [-0.25, -0.2) is 4.39 Å². The van der Waals surface area contributed by atoms with Gasteiger partial charge in [0.2, 0.25) is 0 Å². The lowest BCUT2D eigenvalue weighted by molar-refractivity contribution is 0.0557. The highest BCUT2D eigenvalue weighted by Gasteiger charge is 2.16. The van der Waals surface area contributed by atoms with E-state index in [1.54, 1.807) is 0 Å². The average Bonchev–Trinajstić information content (AvgIpc) is 2.26. The van der Waals surface area contributed by atoms with Crippen molar-refractivity contribution in [3.05, 3.63) is 30.1 Å². The van der Waals surface area contributed by atoms with Crippen LogP contribution in [0.15, 0.2) is 29.2 Å². The number of rotatable bonds is 5. The molecule has 1 aromatic carbocycles. The van der Waals surface area contributed by atoms with Crippen LogP contribution >= 0.6 is 0 Å². The molecule has 1 aromatic rings. The summed E-state index contributed by atoms with van der Waals surface area (Å²) in [6, 6.07) is 4.07. The number of aliphatic hydroxyl groups excluding tert-OH is 2. The van der Waals surface area contributed by atoms with E-state index in [2.05, 4.69) is 4.18 Å². The molecule has 0 saturated carbocycles. The summed E-state index contributed by atoms with van der Waals surface area (Å²) in [5, 5.41) is 17.4. The van der Waals surface area contributed by atoms with Crippen LogP contribution < -0.4 is 0 Å². The van der Waals surface area contributed by atoms with Crippen molar-refractivity contribution in [1.82, 2.24) is 0 Å². The first-order valence-corrected chi connectivity index (χ1v) is 5.80. The fourth-order valence-electron chi connectivity index (χ4n) is 0.890. The molecule has 90 valence electrons. The fraction of sp³-hybridized carbons (Fsp3) is 0.333. The summed E-state index contributed by atoms with van der Waals surface area (Å²) < 4.78 is 39.8. The maximum absolute atomic E-state index is 12.5. The van der Waals surface area contributed by atoms with Crippen molar-refractivity contribution in [3.8, 4) is 0 Å². The number of halogens is 1. The molecule has 0 aliphatic heterocycles. The Balaban J connectivity index is 2.74. The molecule has 0 heterocycles. The molecule has 0 fully saturated rings. The fourth-order valence-corrected chi connectivity index (χ4v) is 1.83. The highest BCUT2D eigenvalue weighted by molar-refractivity contribution is 7.86. The lowest BCUT2D eigenvalue weighted by atomic mass is 10.4. The predicted octanol–water partition coefficient (Wildman–Crippen LogP) is -0.116. The molecule has 5 nitrogen and oxygen atoms in total. The molecular formula is C9H11FO5S. The van der Waals surface area contributed by atoms with Crippen molar-refractivity contribution in [2.24, 2.45) is 0 Å². The molecular weight excluding hydrogens is 239 g/mol. The maximum Gasteiger partial charge on any atom is 0.297 e. The zero-order chi connectivity index (χ0) is 12.2. The predicted molar refractivity (Wildman–Crippen MR) is 52.6 cm³/mol. The Morgan fingerprint density at radius 3 is 2.38 bits per heavy atom. The van der Waals surface area contributed by atoms with E-state index in [-0.39, 0.29) is 4.90 Å². The van der Waals surface area contributed by atoms with Crippen molar-refractivity contribution < 1.29 is 27.2 Å². The van der Waals surface area contributed by atoms with Gasteiger partial charge in [0.15, 0.2) is 0 Å². The molecule has 16 heavy (non-hydrogen) atoms. The van der Waals surface area contributed by atoms with Gasteiger partial charge in [0.05, 0.1) is 18.1 Å². The van der Waals surface area contributed by atoms with E-state index in [9.17, 15) is 12.8 Å². The van der Waals surface area contributed by atoms with Gasteiger partial charge in [0.1, 0.15) is 11.9 Å². The lowest BCUT2D eigenvalue weighted by Crippen LogP contribution is -2.22. The molecule has 0 spiro atoms. The number of benzene rings is 1. The first-order valence-electron chi connectivity index (χ1n) is 4.39. The van der Waals surface area contributed by atoms with E-state index in [4.69, 9.17) is 10.2 Å². The molecule has 1 atom stereocenters. The molecule has 2 N–H and O–H groups in total. The van der Waals surface area contributed by atoms with Gasteiger partial charge in [-0.2, -0.15) is 8.42 Å². The Morgan fingerprint density at radius 1 is 1.31 bits per heavy atom. The minimum absolute atomic E-state index is 0.209. The van der Waals surface area contributed by atoms with Crippen LogP contribution in [0.4, 0.5) is 4.39 Å². The monoisotopic (exact) mass is 250 g/mol. The van der Waals surface area contributed by atoms with Crippen LogP contribution in [0.1, 0.15) is 0 Å². The van der Waals surface area contributed by atoms with Gasteiger partial charge < -0.3 is 10.2 Å². The summed E-state index contributed by atoms with van der Waals surface area (Å²) >= 11 is 0. The Bertz CT molecular complexity index is 428. The van der Waals surface area contributed by atoms with Crippen molar-refractivity contribution in [2.45, 2.75) is 11.0 Å². The number of hydrogen-bond acceptors (Lipinski definition) is 5. The molecule has 1 rings (SSSR count). The summed E-state index contributed by atoms with van der Waals surface area (Å²) in [4.78, 5) is -0.209. The normalized spacial score (nSPS) is 13.7. The van der Waals surface area contributed by atoms with E-state index < -0.39 is 35.3 Å². The van der Waals surface area contributed by atoms with Crippen molar-refractivity contribution in [3.63, 3.8) is 0 Å². The van der Waals surface area contributed by atoms with E-state index in [0.717, 1.165) is 24.3 Å². The maximum atomic E-state index is 12.5. The SMILES string of the molecule is O=S(=O)(OCC(O)CO)c1ccc(F)cc1. The van der Waals surface area contributed by atoms with Crippen LogP contribution in [0, 0.1) is 5.82 Å². The largest absolute Gasteiger partial charge is 0.394 e. The van der Waals surface area contributed by atoms with E-state index in [1.807, 2.05) is 0 Å². The molecule has 7 heteroatoms. The Hall–Kier alpha value is -1.02. The van der Waals surface area contributed by atoms with E-state index >= 15 is 0 Å². The van der Waals surface area contributed by atoms with Gasteiger partial charge in [-0.05, 0) is 24.3 Å². The third-order valence-electron chi connectivity index (χ3n) is 1.73. The third kappa shape index (κ3) is 3.53. The minimum Gasteiger partial charge on any atom is -0.394 e. The zero-order valence-electron chi connectivity index (χ0n) is 8.21. The van der Waals surface area contributed by atoms with E-state index in [1.165, 1.54) is 0 Å². The lowest BCUT2D eigenvalue weighted by Gasteiger charge is -2.08. The van der Waals surface area contributed by atoms with Crippen LogP contribution in [0.25, 0.3) is 0 Å². The van der Waals surface area contributed by atoms with Gasteiger partial charge in [0.25, 0.3) is 10.1 Å². The van der Waals surface area contributed by atoms with Crippen LogP contribution in [-0.2, 0) is 14.3 Å². The summed E-state index contributed by atoms with van der Waals surface area (Å²) in [7, 11) is -4.02. The third-order valence-corrected chi connectivity index (χ3v) is 3.02. The molecule has 0 radical (unpaired) electrons. The minimum atomic E-state index is -4.02. The van der Waals surface area contributed by atoms with Gasteiger partial charge in [-0.3, -0.25) is 4.18 Å². The summed E-state index contributed by atoms with van der Waals surface area (Å²) in [6.45, 7) is -1.14. The van der Waals surface area contributed by atoms with Crippen molar-refractivity contribution in [2.75, 3.05) is 13.2 Å². The molecule has 1 unspecified atom stereocenters. The van der Waals surface area contributed by atoms with Gasteiger partial charge >= 0.3 is 0 Å². The first kappa shape index (κ1) is 13.0. The van der Waals surface area contributed by atoms with Gasteiger partial charge in [0, 0.05) is 0 Å². The molecule has 0 bridgehead atoms. The quantitative estimate of drug-likeness (QED) is 0.712. The molecule has 0 aliphatic rings. The van der Waals surface area contributed by atoms with Crippen molar-refractivity contribution >= 4 is 10.1 Å². The van der Waals surface area contributed by atoms with Crippen LogP contribution in [0.2, 0.25) is 0 Å². The smallest absolute Gasteiger partial charge is 0.297 e. The highest BCUT2D eigenvalue weighted by atomic mass is 32.2. The van der Waals surface area contributed by atoms with Crippen LogP contribution in [0.5, 0.6) is 0 Å². The Morgan fingerprint density at radius 2 is 1.88 bits per heavy atom. The van der Waals surface area contributed by atoms with E-state index in [0.29, 0.717) is 0 Å². The van der Waals surface area contributed by atoms with Gasteiger partial charge in [-0.15, -0.1) is 0 Å². The Kier molecular flexibility index (Phi) is 4.36. The molecule has 0 aromatic heterocycles. The summed E-state index contributed by atoms with van der Waals surface area (Å²) in [5.41, 5.74) is 0. The second kappa shape index (κ2) is 5.35. The second-order valence-corrected chi connectivity index (χ2v) is 4.64. The highest BCUT2D eigenvalue weighted by Crippen LogP contribution is 2.13. The Labute approximate surface area is 92.2 Å². The standard InChI is InChI=1S/C9H11FO5S/c10-7-1-3-9(4-2-7)16(13,14)15-6-8(12)5-11/h1-4,8,11-12H,5-6H2. The zero-order valence-corrected chi connectivity index (χ0v) is 9.02. The summed E-state index contributed by atoms with van der Waals surface area (Å²) in [6.07, 6.45) is -1.27. The average molecular weight is 250 g/mol. The van der Waals surface area contributed by atoms with Gasteiger partial charge in [-0.1, -0.05) is 0 Å². The number of aliphatic hydroxyl groups is 2.